The number of carboxylic acids is 1. The molecule has 106 valence electrons. The summed E-state index contributed by atoms with van der Waals surface area (Å²) in [5.74, 6) is -0.944. The average molecular weight is 269 g/mol. The fourth-order valence-corrected chi connectivity index (χ4v) is 3.44. The molecule has 19 heavy (non-hydrogen) atoms. The molecule has 0 bridgehead atoms. The maximum absolute atomic E-state index is 12.3. The number of hydrogen-bond donors (Lipinski definition) is 1. The van der Waals surface area contributed by atoms with Crippen molar-refractivity contribution in [2.24, 2.45) is 11.3 Å². The lowest BCUT2D eigenvalue weighted by Gasteiger charge is -2.33. The molecule has 3 aliphatic rings. The van der Waals surface area contributed by atoms with Crippen LogP contribution >= 0.6 is 0 Å². The Labute approximate surface area is 111 Å². The van der Waals surface area contributed by atoms with Gasteiger partial charge in [0.15, 0.2) is 0 Å². The number of carboxylic acid groups (broad SMARTS) is 1. The third kappa shape index (κ3) is 2.03. The van der Waals surface area contributed by atoms with Crippen LogP contribution in [0.15, 0.2) is 0 Å². The first-order valence-corrected chi connectivity index (χ1v) is 6.85. The van der Waals surface area contributed by atoms with Crippen LogP contribution in [0.4, 0.5) is 0 Å². The molecule has 3 fully saturated rings. The van der Waals surface area contributed by atoms with E-state index in [9.17, 15) is 14.7 Å². The van der Waals surface area contributed by atoms with Gasteiger partial charge in [0.2, 0.25) is 0 Å². The molecule has 1 N–H and O–H groups in total. The number of amides is 1. The highest BCUT2D eigenvalue weighted by Gasteiger charge is 2.55. The van der Waals surface area contributed by atoms with E-state index in [0.29, 0.717) is 39.3 Å². The van der Waals surface area contributed by atoms with Gasteiger partial charge < -0.3 is 19.5 Å². The van der Waals surface area contributed by atoms with Crippen LogP contribution in [-0.4, -0.2) is 60.9 Å². The summed E-state index contributed by atoms with van der Waals surface area (Å²) in [6.45, 7) is 2.30. The van der Waals surface area contributed by atoms with Crippen molar-refractivity contribution in [2.75, 3.05) is 32.9 Å². The molecule has 3 heterocycles. The number of likely N-dealkylation sites (tertiary alicyclic amines) is 1. The smallest absolute Gasteiger partial charge is 0.311 e. The van der Waals surface area contributed by atoms with Gasteiger partial charge in [-0.1, -0.05) is 0 Å². The number of ether oxygens (including phenoxy) is 2. The monoisotopic (exact) mass is 269 g/mol. The predicted octanol–water partition coefficient (Wildman–Crippen LogP) is 0.115. The molecule has 0 aliphatic carbocycles. The third-order valence-electron chi connectivity index (χ3n) is 4.65. The number of nitrogens with zero attached hydrogens (tertiary/aromatic N) is 1. The molecule has 0 aromatic rings. The van der Waals surface area contributed by atoms with Gasteiger partial charge in [-0.3, -0.25) is 9.59 Å². The van der Waals surface area contributed by atoms with Gasteiger partial charge in [0, 0.05) is 32.2 Å². The van der Waals surface area contributed by atoms with E-state index in [2.05, 4.69) is 0 Å². The maximum atomic E-state index is 12.3. The fourth-order valence-electron chi connectivity index (χ4n) is 3.44. The van der Waals surface area contributed by atoms with Crippen molar-refractivity contribution < 1.29 is 24.2 Å². The molecule has 1 unspecified atom stereocenters. The van der Waals surface area contributed by atoms with Crippen molar-refractivity contribution in [3.8, 4) is 0 Å². The highest BCUT2D eigenvalue weighted by molar-refractivity contribution is 5.84. The average Bonchev–Trinajstić information content (AvgIpc) is 3.05. The highest BCUT2D eigenvalue weighted by atomic mass is 16.5. The van der Waals surface area contributed by atoms with Crippen molar-refractivity contribution >= 4 is 11.9 Å². The SMILES string of the molecule is O=C(C1CCCO1)N1C[C@H]2COCC[C@@]2(C(=O)O)C1. The van der Waals surface area contributed by atoms with Crippen LogP contribution in [0.25, 0.3) is 0 Å². The van der Waals surface area contributed by atoms with Crippen LogP contribution in [-0.2, 0) is 19.1 Å². The topological polar surface area (TPSA) is 76.1 Å². The van der Waals surface area contributed by atoms with E-state index in [1.165, 1.54) is 0 Å². The first-order chi connectivity index (χ1) is 9.13. The Hall–Kier alpha value is -1.14. The van der Waals surface area contributed by atoms with Crippen molar-refractivity contribution in [3.05, 3.63) is 0 Å². The Bertz CT molecular complexity index is 392. The normalized spacial score (nSPS) is 38.2. The Kier molecular flexibility index (Phi) is 3.22. The predicted molar refractivity (Wildman–Crippen MR) is 64.5 cm³/mol. The van der Waals surface area contributed by atoms with Crippen LogP contribution in [0.5, 0.6) is 0 Å². The molecule has 0 aromatic heterocycles. The molecule has 1 amide bonds. The number of hydrogen-bond acceptors (Lipinski definition) is 4. The zero-order chi connectivity index (χ0) is 13.5. The minimum Gasteiger partial charge on any atom is -0.481 e. The van der Waals surface area contributed by atoms with Gasteiger partial charge in [0.1, 0.15) is 6.10 Å². The van der Waals surface area contributed by atoms with Crippen LogP contribution in [0.1, 0.15) is 19.3 Å². The molecule has 3 saturated heterocycles. The third-order valence-corrected chi connectivity index (χ3v) is 4.65. The van der Waals surface area contributed by atoms with Crippen molar-refractivity contribution in [1.29, 1.82) is 0 Å². The first-order valence-electron chi connectivity index (χ1n) is 6.85. The van der Waals surface area contributed by atoms with E-state index < -0.39 is 11.4 Å². The molecular formula is C13H19NO5. The zero-order valence-electron chi connectivity index (χ0n) is 10.8. The van der Waals surface area contributed by atoms with E-state index in [-0.39, 0.29) is 17.9 Å². The Morgan fingerprint density at radius 3 is 2.79 bits per heavy atom. The minimum absolute atomic E-state index is 0.0486. The van der Waals surface area contributed by atoms with Gasteiger partial charge in [0.25, 0.3) is 5.91 Å². The first kappa shape index (κ1) is 12.9. The van der Waals surface area contributed by atoms with Crippen LogP contribution in [0.2, 0.25) is 0 Å². The minimum atomic E-state index is -0.813. The van der Waals surface area contributed by atoms with Gasteiger partial charge in [0.05, 0.1) is 12.0 Å². The van der Waals surface area contributed by atoms with E-state index >= 15 is 0 Å². The van der Waals surface area contributed by atoms with Crippen LogP contribution in [0, 0.1) is 11.3 Å². The quantitative estimate of drug-likeness (QED) is 0.770. The largest absolute Gasteiger partial charge is 0.481 e. The second kappa shape index (κ2) is 4.76. The summed E-state index contributed by atoms with van der Waals surface area (Å²) in [4.78, 5) is 25.6. The lowest BCUT2D eigenvalue weighted by atomic mass is 9.74. The van der Waals surface area contributed by atoms with Crippen LogP contribution < -0.4 is 0 Å². The highest BCUT2D eigenvalue weighted by Crippen LogP contribution is 2.42. The summed E-state index contributed by atoms with van der Waals surface area (Å²) in [5.41, 5.74) is -0.813. The van der Waals surface area contributed by atoms with Gasteiger partial charge in [-0.25, -0.2) is 0 Å². The van der Waals surface area contributed by atoms with Crippen molar-refractivity contribution in [3.63, 3.8) is 0 Å². The van der Waals surface area contributed by atoms with Gasteiger partial charge >= 0.3 is 5.97 Å². The summed E-state index contributed by atoms with van der Waals surface area (Å²) < 4.78 is 10.8. The van der Waals surface area contributed by atoms with Gasteiger partial charge in [-0.05, 0) is 19.3 Å². The molecular weight excluding hydrogens is 250 g/mol. The lowest BCUT2D eigenvalue weighted by Crippen LogP contribution is -2.45. The number of fused-ring (bicyclic) bond motifs is 1. The molecule has 3 rings (SSSR count). The molecule has 6 heteroatoms. The summed E-state index contributed by atoms with van der Waals surface area (Å²) in [6.07, 6.45) is 1.77. The summed E-state index contributed by atoms with van der Waals surface area (Å²) in [6, 6.07) is 0. The van der Waals surface area contributed by atoms with E-state index in [4.69, 9.17) is 9.47 Å². The maximum Gasteiger partial charge on any atom is 0.311 e. The lowest BCUT2D eigenvalue weighted by molar-refractivity contribution is -0.157. The van der Waals surface area contributed by atoms with Gasteiger partial charge in [-0.15, -0.1) is 0 Å². The van der Waals surface area contributed by atoms with Crippen LogP contribution in [0.3, 0.4) is 0 Å². The van der Waals surface area contributed by atoms with E-state index in [1.54, 1.807) is 4.90 Å². The van der Waals surface area contributed by atoms with Crippen molar-refractivity contribution in [2.45, 2.75) is 25.4 Å². The molecule has 0 saturated carbocycles. The molecule has 0 radical (unpaired) electrons. The fraction of sp³-hybridized carbons (Fsp3) is 0.846. The molecule has 0 spiro atoms. The van der Waals surface area contributed by atoms with E-state index in [1.807, 2.05) is 0 Å². The number of aliphatic carboxylic acids is 1. The Morgan fingerprint density at radius 1 is 1.32 bits per heavy atom. The van der Waals surface area contributed by atoms with E-state index in [0.717, 1.165) is 12.8 Å². The Balaban J connectivity index is 1.76. The molecule has 6 nitrogen and oxygen atoms in total. The molecule has 3 atom stereocenters. The standard InChI is InChI=1S/C13H19NO5/c15-11(10-2-1-4-19-10)14-6-9-7-18-5-3-13(9,8-14)12(16)17/h9-10H,1-8H2,(H,16,17)/t9-,10?,13+/m0/s1. The summed E-state index contributed by atoms with van der Waals surface area (Å²) >= 11 is 0. The number of carbonyl (C=O) groups is 2. The second-order valence-corrected chi connectivity index (χ2v) is 5.70. The zero-order valence-corrected chi connectivity index (χ0v) is 10.8. The summed E-state index contributed by atoms with van der Waals surface area (Å²) in [5, 5.41) is 9.54. The van der Waals surface area contributed by atoms with Gasteiger partial charge in [-0.2, -0.15) is 0 Å². The number of carbonyl (C=O) groups excluding carboxylic acids is 1. The van der Waals surface area contributed by atoms with Crippen molar-refractivity contribution in [1.82, 2.24) is 4.90 Å². The Morgan fingerprint density at radius 2 is 2.16 bits per heavy atom. The molecule has 3 aliphatic heterocycles. The second-order valence-electron chi connectivity index (χ2n) is 5.70. The number of rotatable bonds is 2. The summed E-state index contributed by atoms with van der Waals surface area (Å²) in [7, 11) is 0. The molecule has 0 aromatic carbocycles.